The van der Waals surface area contributed by atoms with E-state index in [9.17, 15) is 19.2 Å². The summed E-state index contributed by atoms with van der Waals surface area (Å²) in [5.41, 5.74) is 2.04. The van der Waals surface area contributed by atoms with E-state index in [1.165, 1.54) is 4.90 Å². The van der Waals surface area contributed by atoms with Gasteiger partial charge in [-0.1, -0.05) is 43.2 Å². The largest absolute Gasteiger partial charge is 0.350 e. The van der Waals surface area contributed by atoms with Gasteiger partial charge in [0.2, 0.25) is 17.7 Å². The number of fused-ring (bicyclic) bond motifs is 1. The Hall–Kier alpha value is -3.48. The Morgan fingerprint density at radius 2 is 1.64 bits per heavy atom. The molecule has 1 saturated heterocycles. The molecule has 7 heteroatoms. The normalized spacial score (nSPS) is 20.8. The Bertz CT molecular complexity index is 1030. The smallest absolute Gasteiger partial charge is 0.255 e. The van der Waals surface area contributed by atoms with Crippen molar-refractivity contribution >= 4 is 29.3 Å². The zero-order valence-electron chi connectivity index (χ0n) is 18.8. The van der Waals surface area contributed by atoms with Crippen molar-refractivity contribution in [2.45, 2.75) is 45.1 Å². The van der Waals surface area contributed by atoms with E-state index in [1.807, 2.05) is 31.2 Å². The van der Waals surface area contributed by atoms with Gasteiger partial charge in [0, 0.05) is 24.2 Å². The van der Waals surface area contributed by atoms with Crippen LogP contribution in [0, 0.1) is 11.8 Å². The number of hydrogen-bond donors (Lipinski definition) is 2. The average molecular weight is 448 g/mol. The molecule has 2 fully saturated rings. The molecule has 1 aliphatic carbocycles. The third-order valence-electron chi connectivity index (χ3n) is 6.55. The van der Waals surface area contributed by atoms with E-state index in [0.29, 0.717) is 11.3 Å². The minimum Gasteiger partial charge on any atom is -0.350 e. The molecule has 0 spiro atoms. The molecular weight excluding hydrogens is 418 g/mol. The lowest BCUT2D eigenvalue weighted by atomic mass is 9.81. The molecule has 2 aromatic rings. The van der Waals surface area contributed by atoms with Crippen LogP contribution in [0.3, 0.4) is 0 Å². The van der Waals surface area contributed by atoms with Gasteiger partial charge < -0.3 is 10.6 Å². The lowest BCUT2D eigenvalue weighted by molar-refractivity contribution is -0.140. The SMILES string of the molecule is CC(NC(=O)CCN1C(=O)C2CCCCC2C1=O)c1cccc(NC(=O)c2ccccc2)c1. The van der Waals surface area contributed by atoms with Gasteiger partial charge in [-0.05, 0) is 49.6 Å². The molecular formula is C26H29N3O4. The van der Waals surface area contributed by atoms with Crippen LogP contribution in [0.25, 0.3) is 0 Å². The highest BCUT2D eigenvalue weighted by atomic mass is 16.2. The summed E-state index contributed by atoms with van der Waals surface area (Å²) < 4.78 is 0. The standard InChI is InChI=1S/C26H29N3O4/c1-17(19-10-7-11-20(16-19)28-24(31)18-8-3-2-4-9-18)27-23(30)14-15-29-25(32)21-12-5-6-13-22(21)26(29)33/h2-4,7-11,16-17,21-22H,5-6,12-15H2,1H3,(H,27,30)(H,28,31). The number of nitrogens with one attached hydrogen (secondary N) is 2. The number of carbonyl (C=O) groups is 4. The van der Waals surface area contributed by atoms with Crippen molar-refractivity contribution in [2.24, 2.45) is 11.8 Å². The first-order valence-electron chi connectivity index (χ1n) is 11.5. The number of rotatable bonds is 7. The van der Waals surface area contributed by atoms with Crippen molar-refractivity contribution in [2.75, 3.05) is 11.9 Å². The van der Waals surface area contributed by atoms with Gasteiger partial charge in [-0.15, -0.1) is 0 Å². The van der Waals surface area contributed by atoms with Crippen molar-refractivity contribution in [1.82, 2.24) is 10.2 Å². The molecule has 172 valence electrons. The predicted molar refractivity (Wildman–Crippen MR) is 124 cm³/mol. The Balaban J connectivity index is 1.31. The summed E-state index contributed by atoms with van der Waals surface area (Å²) in [4.78, 5) is 51.3. The molecule has 1 saturated carbocycles. The molecule has 1 heterocycles. The van der Waals surface area contributed by atoms with Crippen molar-refractivity contribution in [1.29, 1.82) is 0 Å². The molecule has 2 aromatic carbocycles. The predicted octanol–water partition coefficient (Wildman–Crippen LogP) is 3.68. The molecule has 2 aliphatic rings. The van der Waals surface area contributed by atoms with Crippen molar-refractivity contribution in [3.05, 3.63) is 65.7 Å². The molecule has 2 N–H and O–H groups in total. The van der Waals surface area contributed by atoms with Gasteiger partial charge in [0.1, 0.15) is 0 Å². The van der Waals surface area contributed by atoms with Gasteiger partial charge in [0.05, 0.1) is 17.9 Å². The molecule has 4 rings (SSSR count). The van der Waals surface area contributed by atoms with Gasteiger partial charge in [-0.3, -0.25) is 24.1 Å². The third-order valence-corrected chi connectivity index (χ3v) is 6.55. The number of imide groups is 1. The Morgan fingerprint density at radius 1 is 0.970 bits per heavy atom. The molecule has 7 nitrogen and oxygen atoms in total. The molecule has 3 unspecified atom stereocenters. The van der Waals surface area contributed by atoms with E-state index >= 15 is 0 Å². The second kappa shape index (κ2) is 9.98. The second-order valence-corrected chi connectivity index (χ2v) is 8.81. The number of amides is 4. The first-order valence-corrected chi connectivity index (χ1v) is 11.5. The molecule has 0 radical (unpaired) electrons. The number of nitrogens with zero attached hydrogens (tertiary/aromatic N) is 1. The molecule has 1 aliphatic heterocycles. The van der Waals surface area contributed by atoms with Crippen LogP contribution in [0.5, 0.6) is 0 Å². The number of hydrogen-bond acceptors (Lipinski definition) is 4. The van der Waals surface area contributed by atoms with E-state index in [-0.39, 0.29) is 54.5 Å². The summed E-state index contributed by atoms with van der Waals surface area (Å²) in [5.74, 6) is -1.05. The fourth-order valence-corrected chi connectivity index (χ4v) is 4.74. The van der Waals surface area contributed by atoms with Crippen molar-refractivity contribution in [3.8, 4) is 0 Å². The summed E-state index contributed by atoms with van der Waals surface area (Å²) in [6, 6.07) is 16.0. The highest BCUT2D eigenvalue weighted by Crippen LogP contribution is 2.38. The summed E-state index contributed by atoms with van der Waals surface area (Å²) >= 11 is 0. The Labute approximate surface area is 193 Å². The van der Waals surface area contributed by atoms with Gasteiger partial charge in [-0.25, -0.2) is 0 Å². The average Bonchev–Trinajstić information content (AvgIpc) is 3.08. The van der Waals surface area contributed by atoms with Crippen molar-refractivity contribution < 1.29 is 19.2 Å². The van der Waals surface area contributed by atoms with Crippen LogP contribution in [0.4, 0.5) is 5.69 Å². The molecule has 0 aromatic heterocycles. The number of benzene rings is 2. The molecule has 33 heavy (non-hydrogen) atoms. The summed E-state index contributed by atoms with van der Waals surface area (Å²) in [5, 5.41) is 5.79. The van der Waals surface area contributed by atoms with Crippen LogP contribution in [-0.4, -0.2) is 35.1 Å². The number of carbonyl (C=O) groups excluding carboxylic acids is 4. The van der Waals surface area contributed by atoms with E-state index in [0.717, 1.165) is 31.2 Å². The van der Waals surface area contributed by atoms with Crippen LogP contribution < -0.4 is 10.6 Å². The van der Waals surface area contributed by atoms with Gasteiger partial charge >= 0.3 is 0 Å². The van der Waals surface area contributed by atoms with E-state index < -0.39 is 0 Å². The zero-order chi connectivity index (χ0) is 23.4. The summed E-state index contributed by atoms with van der Waals surface area (Å²) in [6.07, 6.45) is 3.58. The summed E-state index contributed by atoms with van der Waals surface area (Å²) in [7, 11) is 0. The maximum Gasteiger partial charge on any atom is 0.255 e. The third kappa shape index (κ3) is 5.13. The topological polar surface area (TPSA) is 95.6 Å². The zero-order valence-corrected chi connectivity index (χ0v) is 18.8. The highest BCUT2D eigenvalue weighted by Gasteiger charge is 2.47. The molecule has 0 bridgehead atoms. The van der Waals surface area contributed by atoms with E-state index in [2.05, 4.69) is 10.6 Å². The first kappa shape index (κ1) is 22.7. The quantitative estimate of drug-likeness (QED) is 0.633. The van der Waals surface area contributed by atoms with Crippen LogP contribution in [0.2, 0.25) is 0 Å². The minimum absolute atomic E-state index is 0.0751. The van der Waals surface area contributed by atoms with E-state index in [1.54, 1.807) is 30.3 Å². The van der Waals surface area contributed by atoms with Gasteiger partial charge in [0.25, 0.3) is 5.91 Å². The number of likely N-dealkylation sites (tertiary alicyclic amines) is 1. The van der Waals surface area contributed by atoms with Gasteiger partial charge in [-0.2, -0.15) is 0 Å². The molecule has 3 atom stereocenters. The lowest BCUT2D eigenvalue weighted by Crippen LogP contribution is -2.36. The Kier molecular flexibility index (Phi) is 6.87. The fraction of sp³-hybridized carbons (Fsp3) is 0.385. The number of anilines is 1. The second-order valence-electron chi connectivity index (χ2n) is 8.81. The van der Waals surface area contributed by atoms with Crippen LogP contribution in [0.1, 0.15) is 61.0 Å². The van der Waals surface area contributed by atoms with E-state index in [4.69, 9.17) is 0 Å². The van der Waals surface area contributed by atoms with Crippen LogP contribution in [0.15, 0.2) is 54.6 Å². The first-order chi connectivity index (χ1) is 15.9. The highest BCUT2D eigenvalue weighted by molar-refractivity contribution is 6.05. The lowest BCUT2D eigenvalue weighted by Gasteiger charge is -2.19. The monoisotopic (exact) mass is 447 g/mol. The van der Waals surface area contributed by atoms with Crippen LogP contribution in [-0.2, 0) is 14.4 Å². The maximum absolute atomic E-state index is 12.6. The van der Waals surface area contributed by atoms with Gasteiger partial charge in [0.15, 0.2) is 0 Å². The molecule has 4 amide bonds. The Morgan fingerprint density at radius 3 is 2.30 bits per heavy atom. The maximum atomic E-state index is 12.6. The van der Waals surface area contributed by atoms with Crippen molar-refractivity contribution in [3.63, 3.8) is 0 Å². The van der Waals surface area contributed by atoms with Crippen LogP contribution >= 0.6 is 0 Å². The minimum atomic E-state index is -0.293. The summed E-state index contributed by atoms with van der Waals surface area (Å²) in [6.45, 7) is 1.98. The fourth-order valence-electron chi connectivity index (χ4n) is 4.74.